The second-order valence-electron chi connectivity index (χ2n) is 4.44. The number of rotatable bonds is 3. The summed E-state index contributed by atoms with van der Waals surface area (Å²) in [4.78, 5) is 14.2. The molecule has 0 fully saturated rings. The van der Waals surface area contributed by atoms with Gasteiger partial charge in [-0.05, 0) is 49.7 Å². The molecule has 0 atom stereocenters. The van der Waals surface area contributed by atoms with Gasteiger partial charge in [-0.15, -0.1) is 0 Å². The molecule has 0 aliphatic rings. The van der Waals surface area contributed by atoms with Crippen molar-refractivity contribution < 1.29 is 9.18 Å². The molecule has 1 amide bonds. The summed E-state index contributed by atoms with van der Waals surface area (Å²) < 4.78 is 14.2. The monoisotopic (exact) mass is 335 g/mol. The molecular weight excluding hydrogens is 321 g/mol. The first kappa shape index (κ1) is 14.7. The third-order valence-corrected chi connectivity index (χ3v) is 4.04. The Kier molecular flexibility index (Phi) is 4.55. The van der Waals surface area contributed by atoms with Crippen LogP contribution in [0.2, 0.25) is 0 Å². The Labute approximate surface area is 126 Å². The Morgan fingerprint density at radius 2 is 1.95 bits per heavy atom. The number of carbonyl (C=O) groups excluding carboxylic acids is 1. The lowest BCUT2D eigenvalue weighted by atomic mass is 10.1. The summed E-state index contributed by atoms with van der Waals surface area (Å²) in [6.45, 7) is 4.24. The Morgan fingerprint density at radius 1 is 1.25 bits per heavy atom. The Morgan fingerprint density at radius 3 is 2.60 bits per heavy atom. The number of benzene rings is 2. The van der Waals surface area contributed by atoms with Crippen LogP contribution in [0.25, 0.3) is 0 Å². The molecule has 0 N–H and O–H groups in total. The Balaban J connectivity index is 2.42. The molecule has 0 saturated carbocycles. The van der Waals surface area contributed by atoms with E-state index in [9.17, 15) is 9.18 Å². The van der Waals surface area contributed by atoms with Crippen LogP contribution >= 0.6 is 15.9 Å². The molecule has 20 heavy (non-hydrogen) atoms. The van der Waals surface area contributed by atoms with E-state index in [0.717, 1.165) is 10.0 Å². The van der Waals surface area contributed by atoms with E-state index in [4.69, 9.17) is 0 Å². The average Bonchev–Trinajstić information content (AvgIpc) is 2.42. The van der Waals surface area contributed by atoms with Gasteiger partial charge in [-0.25, -0.2) is 4.39 Å². The number of halogens is 2. The lowest BCUT2D eigenvalue weighted by molar-refractivity contribution is 0.0987. The highest BCUT2D eigenvalue weighted by atomic mass is 79.9. The highest BCUT2D eigenvalue weighted by molar-refractivity contribution is 9.10. The van der Waals surface area contributed by atoms with Crippen molar-refractivity contribution in [2.75, 3.05) is 11.4 Å². The molecule has 2 aromatic rings. The van der Waals surface area contributed by atoms with Crippen LogP contribution in [0.4, 0.5) is 10.1 Å². The zero-order chi connectivity index (χ0) is 14.7. The van der Waals surface area contributed by atoms with Crippen LogP contribution in [-0.4, -0.2) is 12.5 Å². The van der Waals surface area contributed by atoms with E-state index in [0.29, 0.717) is 17.8 Å². The molecule has 0 spiro atoms. The van der Waals surface area contributed by atoms with Crippen LogP contribution in [0.1, 0.15) is 22.8 Å². The van der Waals surface area contributed by atoms with Gasteiger partial charge in [-0.1, -0.05) is 28.1 Å². The predicted octanol–water partition coefficient (Wildman–Crippen LogP) is 4.56. The lowest BCUT2D eigenvalue weighted by Crippen LogP contribution is -2.31. The van der Waals surface area contributed by atoms with Crippen molar-refractivity contribution in [3.05, 3.63) is 63.9 Å². The lowest BCUT2D eigenvalue weighted by Gasteiger charge is -2.22. The SMILES string of the molecule is CCN(C(=O)c1cccc(Br)c1C)c1cccc(F)c1. The van der Waals surface area contributed by atoms with Gasteiger partial charge in [0, 0.05) is 22.3 Å². The van der Waals surface area contributed by atoms with Gasteiger partial charge in [-0.3, -0.25) is 4.79 Å². The molecule has 0 heterocycles. The molecule has 0 saturated heterocycles. The van der Waals surface area contributed by atoms with Gasteiger partial charge in [0.2, 0.25) is 0 Å². The molecule has 0 aromatic heterocycles. The van der Waals surface area contributed by atoms with Gasteiger partial charge in [0.1, 0.15) is 5.82 Å². The van der Waals surface area contributed by atoms with E-state index >= 15 is 0 Å². The minimum absolute atomic E-state index is 0.128. The van der Waals surface area contributed by atoms with E-state index in [-0.39, 0.29) is 11.7 Å². The van der Waals surface area contributed by atoms with Gasteiger partial charge in [0.25, 0.3) is 5.91 Å². The summed E-state index contributed by atoms with van der Waals surface area (Å²) in [5, 5.41) is 0. The molecule has 2 rings (SSSR count). The molecule has 0 unspecified atom stereocenters. The summed E-state index contributed by atoms with van der Waals surface area (Å²) in [6, 6.07) is 11.6. The first-order chi connectivity index (χ1) is 9.54. The first-order valence-electron chi connectivity index (χ1n) is 6.37. The molecule has 104 valence electrons. The maximum absolute atomic E-state index is 13.3. The molecule has 2 aromatic carbocycles. The van der Waals surface area contributed by atoms with Crippen LogP contribution in [-0.2, 0) is 0 Å². The van der Waals surface area contributed by atoms with Crippen molar-refractivity contribution in [1.29, 1.82) is 0 Å². The van der Waals surface area contributed by atoms with Gasteiger partial charge in [0.05, 0.1) is 0 Å². The number of anilines is 1. The van der Waals surface area contributed by atoms with Crippen LogP contribution in [0, 0.1) is 12.7 Å². The molecule has 4 heteroatoms. The fraction of sp³-hybridized carbons (Fsp3) is 0.188. The summed E-state index contributed by atoms with van der Waals surface area (Å²) in [5.41, 5.74) is 2.06. The number of hydrogen-bond donors (Lipinski definition) is 0. The average molecular weight is 336 g/mol. The maximum atomic E-state index is 13.3. The normalized spacial score (nSPS) is 10.4. The number of carbonyl (C=O) groups is 1. The predicted molar refractivity (Wildman–Crippen MR) is 82.6 cm³/mol. The van der Waals surface area contributed by atoms with Crippen LogP contribution < -0.4 is 4.90 Å². The molecule has 0 aliphatic carbocycles. The minimum Gasteiger partial charge on any atom is -0.309 e. The van der Waals surface area contributed by atoms with Crippen LogP contribution in [0.15, 0.2) is 46.9 Å². The number of nitrogens with zero attached hydrogens (tertiary/aromatic N) is 1. The number of amides is 1. The van der Waals surface area contributed by atoms with E-state index in [2.05, 4.69) is 15.9 Å². The van der Waals surface area contributed by atoms with Crippen molar-refractivity contribution in [3.63, 3.8) is 0 Å². The topological polar surface area (TPSA) is 20.3 Å². The smallest absolute Gasteiger partial charge is 0.258 e. The summed E-state index contributed by atoms with van der Waals surface area (Å²) >= 11 is 3.42. The number of hydrogen-bond acceptors (Lipinski definition) is 1. The minimum atomic E-state index is -0.347. The van der Waals surface area contributed by atoms with Crippen molar-refractivity contribution in [1.82, 2.24) is 0 Å². The van der Waals surface area contributed by atoms with E-state index in [1.54, 1.807) is 23.1 Å². The highest BCUT2D eigenvalue weighted by Crippen LogP contribution is 2.23. The fourth-order valence-corrected chi connectivity index (χ4v) is 2.44. The maximum Gasteiger partial charge on any atom is 0.258 e. The molecule has 0 aliphatic heterocycles. The molecule has 2 nitrogen and oxygen atoms in total. The Bertz CT molecular complexity index is 642. The van der Waals surface area contributed by atoms with Crippen molar-refractivity contribution in [3.8, 4) is 0 Å². The van der Waals surface area contributed by atoms with E-state index in [1.165, 1.54) is 12.1 Å². The van der Waals surface area contributed by atoms with Gasteiger partial charge in [-0.2, -0.15) is 0 Å². The van der Waals surface area contributed by atoms with E-state index < -0.39 is 0 Å². The summed E-state index contributed by atoms with van der Waals surface area (Å²) in [6.07, 6.45) is 0. The second-order valence-corrected chi connectivity index (χ2v) is 5.30. The molecular formula is C16H15BrFNO. The third-order valence-electron chi connectivity index (χ3n) is 3.18. The molecule has 0 radical (unpaired) electrons. The highest BCUT2D eigenvalue weighted by Gasteiger charge is 2.19. The third kappa shape index (κ3) is 2.90. The largest absolute Gasteiger partial charge is 0.309 e. The zero-order valence-electron chi connectivity index (χ0n) is 11.4. The van der Waals surface area contributed by atoms with Crippen molar-refractivity contribution in [2.45, 2.75) is 13.8 Å². The van der Waals surface area contributed by atoms with Crippen LogP contribution in [0.5, 0.6) is 0 Å². The van der Waals surface area contributed by atoms with Gasteiger partial charge >= 0.3 is 0 Å². The zero-order valence-corrected chi connectivity index (χ0v) is 12.9. The van der Waals surface area contributed by atoms with Gasteiger partial charge < -0.3 is 4.90 Å². The van der Waals surface area contributed by atoms with Gasteiger partial charge in [0.15, 0.2) is 0 Å². The fourth-order valence-electron chi connectivity index (χ4n) is 2.07. The van der Waals surface area contributed by atoms with Crippen molar-refractivity contribution in [2.24, 2.45) is 0 Å². The first-order valence-corrected chi connectivity index (χ1v) is 7.16. The Hall–Kier alpha value is -1.68. The van der Waals surface area contributed by atoms with E-state index in [1.807, 2.05) is 26.0 Å². The van der Waals surface area contributed by atoms with Crippen LogP contribution in [0.3, 0.4) is 0 Å². The quantitative estimate of drug-likeness (QED) is 0.804. The summed E-state index contributed by atoms with van der Waals surface area (Å²) in [5.74, 6) is -0.475. The standard InChI is InChI=1S/C16H15BrFNO/c1-3-19(13-7-4-6-12(18)10-13)16(20)14-8-5-9-15(17)11(14)2/h4-10H,3H2,1-2H3. The molecule has 0 bridgehead atoms. The van der Waals surface area contributed by atoms with Crippen molar-refractivity contribution >= 4 is 27.5 Å². The summed E-state index contributed by atoms with van der Waals surface area (Å²) in [7, 11) is 0. The second kappa shape index (κ2) is 6.18.